The van der Waals surface area contributed by atoms with Crippen LogP contribution < -0.4 is 0 Å². The number of carbonyl (C=O) groups excluding carboxylic acids is 1. The highest BCUT2D eigenvalue weighted by molar-refractivity contribution is 5.91. The summed E-state index contributed by atoms with van der Waals surface area (Å²) in [6.07, 6.45) is 15.3. The minimum Gasteiger partial charge on any atom is -0.390 e. The van der Waals surface area contributed by atoms with Crippen molar-refractivity contribution in [2.75, 3.05) is 0 Å². The first-order valence-corrected chi connectivity index (χ1v) is 12.5. The molecular formula is C27H44O2. The molecule has 29 heavy (non-hydrogen) atoms. The van der Waals surface area contributed by atoms with Gasteiger partial charge in [-0.05, 0) is 112 Å². The standard InChI is InChI=1S/C27H44O2/c1-18(7-6-14-25(2,3)29)22-10-11-23-21-9-8-19-17-20(28)12-15-26(19,4)24(21)13-16-27(22,23)5/h17-18,21-24,29H,6-16H2,1-5H3/t18-,21+,22-,23+,24+,26+,27-/m1/s1. The molecule has 2 heteroatoms. The first kappa shape index (κ1) is 21.6. The summed E-state index contributed by atoms with van der Waals surface area (Å²) in [4.78, 5) is 12.0. The molecule has 4 rings (SSSR count). The third-order valence-corrected chi connectivity index (χ3v) is 10.2. The van der Waals surface area contributed by atoms with Crippen molar-refractivity contribution in [3.05, 3.63) is 11.6 Å². The van der Waals surface area contributed by atoms with Crippen molar-refractivity contribution in [2.45, 2.75) is 111 Å². The first-order valence-electron chi connectivity index (χ1n) is 12.5. The third kappa shape index (κ3) is 3.77. The highest BCUT2D eigenvalue weighted by Gasteiger charge is 2.59. The number of hydrogen-bond acceptors (Lipinski definition) is 2. The Hall–Kier alpha value is -0.630. The number of fused-ring (bicyclic) bond motifs is 5. The van der Waals surface area contributed by atoms with Crippen molar-refractivity contribution in [2.24, 2.45) is 40.4 Å². The Bertz CT molecular complexity index is 671. The van der Waals surface area contributed by atoms with Crippen LogP contribution in [0.5, 0.6) is 0 Å². The molecule has 1 N–H and O–H groups in total. The molecule has 3 fully saturated rings. The molecule has 3 saturated carbocycles. The molecule has 4 aliphatic carbocycles. The van der Waals surface area contributed by atoms with E-state index in [-0.39, 0.29) is 0 Å². The maximum Gasteiger partial charge on any atom is 0.155 e. The molecule has 7 atom stereocenters. The van der Waals surface area contributed by atoms with E-state index >= 15 is 0 Å². The Balaban J connectivity index is 1.47. The fraction of sp³-hybridized carbons (Fsp3) is 0.889. The van der Waals surface area contributed by atoms with Gasteiger partial charge in [-0.1, -0.05) is 39.2 Å². The minimum atomic E-state index is -0.524. The van der Waals surface area contributed by atoms with Crippen molar-refractivity contribution in [1.29, 1.82) is 0 Å². The van der Waals surface area contributed by atoms with Gasteiger partial charge in [-0.3, -0.25) is 4.79 Å². The summed E-state index contributed by atoms with van der Waals surface area (Å²) in [7, 11) is 0. The van der Waals surface area contributed by atoms with E-state index in [1.807, 2.05) is 19.9 Å². The predicted octanol–water partition coefficient (Wildman–Crippen LogP) is 6.71. The SMILES string of the molecule is C[C@H](CCCC(C)(C)O)[C@H]1CC[C@H]2[C@@H]3CCC4=CC(=O)CC[C@]4(C)[C@H]3CC[C@]12C. The molecule has 0 aliphatic heterocycles. The van der Waals surface area contributed by atoms with Crippen molar-refractivity contribution in [3.8, 4) is 0 Å². The van der Waals surface area contributed by atoms with Gasteiger partial charge in [-0.25, -0.2) is 0 Å². The van der Waals surface area contributed by atoms with E-state index in [4.69, 9.17) is 0 Å². The number of rotatable bonds is 5. The zero-order chi connectivity index (χ0) is 21.0. The molecular weight excluding hydrogens is 356 g/mol. The van der Waals surface area contributed by atoms with Gasteiger partial charge in [0, 0.05) is 6.42 Å². The Morgan fingerprint density at radius 1 is 1.10 bits per heavy atom. The second kappa shape index (κ2) is 7.50. The molecule has 0 spiro atoms. The molecule has 0 amide bonds. The summed E-state index contributed by atoms with van der Waals surface area (Å²) in [5.41, 5.74) is 1.78. The number of ketones is 1. The van der Waals surface area contributed by atoms with Crippen LogP contribution in [0.3, 0.4) is 0 Å². The van der Waals surface area contributed by atoms with Gasteiger partial charge in [0.15, 0.2) is 5.78 Å². The zero-order valence-electron chi connectivity index (χ0n) is 19.6. The van der Waals surface area contributed by atoms with Crippen LogP contribution >= 0.6 is 0 Å². The summed E-state index contributed by atoms with van der Waals surface area (Å²) in [5.74, 6) is 4.56. The predicted molar refractivity (Wildman–Crippen MR) is 120 cm³/mol. The maximum absolute atomic E-state index is 12.0. The van der Waals surface area contributed by atoms with Crippen molar-refractivity contribution in [1.82, 2.24) is 0 Å². The third-order valence-electron chi connectivity index (χ3n) is 10.2. The molecule has 0 heterocycles. The summed E-state index contributed by atoms with van der Waals surface area (Å²) in [6, 6.07) is 0. The number of carbonyl (C=O) groups is 1. The lowest BCUT2D eigenvalue weighted by molar-refractivity contribution is -0.117. The van der Waals surface area contributed by atoms with Gasteiger partial charge in [0.25, 0.3) is 0 Å². The Morgan fingerprint density at radius 2 is 1.86 bits per heavy atom. The highest BCUT2D eigenvalue weighted by Crippen LogP contribution is 2.67. The quantitative estimate of drug-likeness (QED) is 0.556. The largest absolute Gasteiger partial charge is 0.390 e. The fourth-order valence-corrected chi connectivity index (χ4v) is 8.59. The van der Waals surface area contributed by atoms with E-state index in [2.05, 4.69) is 20.8 Å². The normalized spacial score (nSPS) is 43.2. The van der Waals surface area contributed by atoms with Crippen LogP contribution in [0.2, 0.25) is 0 Å². The highest BCUT2D eigenvalue weighted by atomic mass is 16.3. The topological polar surface area (TPSA) is 37.3 Å². The van der Waals surface area contributed by atoms with Gasteiger partial charge in [0.05, 0.1) is 5.60 Å². The van der Waals surface area contributed by atoms with E-state index < -0.39 is 5.60 Å². The lowest BCUT2D eigenvalue weighted by Gasteiger charge is -2.58. The number of hydrogen-bond donors (Lipinski definition) is 1. The van der Waals surface area contributed by atoms with Gasteiger partial charge in [-0.15, -0.1) is 0 Å². The monoisotopic (exact) mass is 400 g/mol. The van der Waals surface area contributed by atoms with E-state index in [1.165, 1.54) is 50.5 Å². The molecule has 0 radical (unpaired) electrons. The van der Waals surface area contributed by atoms with Crippen LogP contribution in [0.1, 0.15) is 105 Å². The van der Waals surface area contributed by atoms with Crippen molar-refractivity contribution < 1.29 is 9.90 Å². The second-order valence-corrected chi connectivity index (χ2v) is 12.4. The van der Waals surface area contributed by atoms with E-state index in [9.17, 15) is 9.90 Å². The summed E-state index contributed by atoms with van der Waals surface area (Å²) < 4.78 is 0. The number of allylic oxidation sites excluding steroid dienone is 1. The van der Waals surface area contributed by atoms with Crippen LogP contribution in [-0.2, 0) is 4.79 Å². The van der Waals surface area contributed by atoms with Gasteiger partial charge in [0.1, 0.15) is 0 Å². The molecule has 0 aromatic heterocycles. The molecule has 0 unspecified atom stereocenters. The average Bonchev–Trinajstić information content (AvgIpc) is 2.98. The van der Waals surface area contributed by atoms with Crippen LogP contribution in [0, 0.1) is 40.4 Å². The minimum absolute atomic E-state index is 0.300. The Labute approximate surface area is 178 Å². The van der Waals surface area contributed by atoms with Crippen molar-refractivity contribution in [3.63, 3.8) is 0 Å². The molecule has 0 bridgehead atoms. The lowest BCUT2D eigenvalue weighted by Crippen LogP contribution is -2.51. The molecule has 4 aliphatic rings. The van der Waals surface area contributed by atoms with Crippen LogP contribution in [0.4, 0.5) is 0 Å². The summed E-state index contributed by atoms with van der Waals surface area (Å²) in [5, 5.41) is 10.1. The average molecular weight is 401 g/mol. The van der Waals surface area contributed by atoms with Gasteiger partial charge in [0.2, 0.25) is 0 Å². The Kier molecular flexibility index (Phi) is 5.59. The smallest absolute Gasteiger partial charge is 0.155 e. The van der Waals surface area contributed by atoms with Crippen LogP contribution in [0.15, 0.2) is 11.6 Å². The van der Waals surface area contributed by atoms with Crippen LogP contribution in [-0.4, -0.2) is 16.5 Å². The van der Waals surface area contributed by atoms with E-state index in [1.54, 1.807) is 0 Å². The van der Waals surface area contributed by atoms with E-state index in [0.29, 0.717) is 16.6 Å². The van der Waals surface area contributed by atoms with Gasteiger partial charge >= 0.3 is 0 Å². The molecule has 2 nitrogen and oxygen atoms in total. The first-order chi connectivity index (χ1) is 13.5. The number of aliphatic hydroxyl groups is 1. The van der Waals surface area contributed by atoms with Gasteiger partial charge in [-0.2, -0.15) is 0 Å². The Morgan fingerprint density at radius 3 is 2.59 bits per heavy atom. The second-order valence-electron chi connectivity index (χ2n) is 12.4. The van der Waals surface area contributed by atoms with Crippen LogP contribution in [0.25, 0.3) is 0 Å². The summed E-state index contributed by atoms with van der Waals surface area (Å²) in [6.45, 7) is 11.5. The molecule has 0 saturated heterocycles. The summed E-state index contributed by atoms with van der Waals surface area (Å²) >= 11 is 0. The maximum atomic E-state index is 12.0. The molecule has 0 aromatic rings. The fourth-order valence-electron chi connectivity index (χ4n) is 8.59. The molecule has 0 aromatic carbocycles. The zero-order valence-corrected chi connectivity index (χ0v) is 19.6. The van der Waals surface area contributed by atoms with Gasteiger partial charge < -0.3 is 5.11 Å². The lowest BCUT2D eigenvalue weighted by atomic mass is 9.46. The van der Waals surface area contributed by atoms with Crippen molar-refractivity contribution >= 4 is 5.78 Å². The molecule has 164 valence electrons. The van der Waals surface area contributed by atoms with E-state index in [0.717, 1.165) is 55.3 Å².